The van der Waals surface area contributed by atoms with Gasteiger partial charge in [0, 0.05) is 48.4 Å². The number of piperidine rings is 2. The van der Waals surface area contributed by atoms with E-state index in [1.165, 1.54) is 12.5 Å². The lowest BCUT2D eigenvalue weighted by molar-refractivity contribution is 0.0833. The number of nitriles is 3. The molecule has 0 spiro atoms. The molecule has 4 N–H and O–H groups in total. The minimum absolute atomic E-state index is 0.0163. The number of phenols is 1. The summed E-state index contributed by atoms with van der Waals surface area (Å²) < 4.78 is 22.5. The molecule has 0 unspecified atom stereocenters. The maximum Gasteiger partial charge on any atom is 0.317 e. The van der Waals surface area contributed by atoms with Gasteiger partial charge < -0.3 is 49.2 Å². The number of aliphatic hydroxyl groups is 1. The highest BCUT2D eigenvalue weighted by atomic mass is 16.5. The minimum Gasteiger partial charge on any atom is -0.508 e. The number of carbonyl (C=O) groups is 2. The van der Waals surface area contributed by atoms with Crippen LogP contribution in [-0.2, 0) is 12.8 Å². The fourth-order valence-corrected chi connectivity index (χ4v) is 10.7. The third-order valence-corrected chi connectivity index (χ3v) is 14.4. The Hall–Kier alpha value is -9.25. The van der Waals surface area contributed by atoms with E-state index in [4.69, 9.17) is 28.9 Å². The van der Waals surface area contributed by atoms with Crippen LogP contribution in [0.4, 0.5) is 9.59 Å². The van der Waals surface area contributed by atoms with E-state index in [9.17, 15) is 25.2 Å². The van der Waals surface area contributed by atoms with Gasteiger partial charge in [-0.3, -0.25) is 0 Å². The zero-order valence-corrected chi connectivity index (χ0v) is 48.1. The van der Waals surface area contributed by atoms with Gasteiger partial charge in [0.2, 0.25) is 11.6 Å². The van der Waals surface area contributed by atoms with Gasteiger partial charge in [0.25, 0.3) is 11.8 Å². The van der Waals surface area contributed by atoms with E-state index < -0.39 is 6.10 Å². The fourth-order valence-electron chi connectivity index (χ4n) is 10.7. The molecule has 2 fully saturated rings. The molecule has 19 nitrogen and oxygen atoms in total. The van der Waals surface area contributed by atoms with Gasteiger partial charge in [-0.25, -0.2) is 9.59 Å². The number of rotatable bonds is 10. The number of β-amino-alcohol motifs (C(OH)–C–C–N with tert-alkyl or cyclic N) is 1. The van der Waals surface area contributed by atoms with E-state index >= 15 is 0 Å². The molecule has 0 bridgehead atoms. The van der Waals surface area contributed by atoms with Crippen LogP contribution in [0, 0.1) is 40.9 Å². The summed E-state index contributed by atoms with van der Waals surface area (Å²) in [6, 6.07) is 33.3. The number of aliphatic hydroxyl groups excluding tert-OH is 1. The Balaban J connectivity index is 0.000000181. The summed E-state index contributed by atoms with van der Waals surface area (Å²) in [5.41, 5.74) is 9.69. The normalized spacial score (nSPS) is 16.7. The van der Waals surface area contributed by atoms with Crippen LogP contribution in [0.1, 0.15) is 143 Å². The van der Waals surface area contributed by atoms with Crippen molar-refractivity contribution < 1.29 is 38.3 Å². The van der Waals surface area contributed by atoms with Crippen LogP contribution in [0.25, 0.3) is 45.7 Å². The molecule has 83 heavy (non-hydrogen) atoms. The number of ether oxygens (including phenoxy) is 2. The Bertz CT molecular complexity index is 3510. The zero-order chi connectivity index (χ0) is 59.2. The van der Waals surface area contributed by atoms with Gasteiger partial charge >= 0.3 is 12.1 Å². The highest BCUT2D eigenvalue weighted by Crippen LogP contribution is 2.40. The number of hydrogen-bond donors (Lipinski definition) is 4. The van der Waals surface area contributed by atoms with Gasteiger partial charge in [0.15, 0.2) is 0 Å². The van der Waals surface area contributed by atoms with Crippen molar-refractivity contribution in [2.45, 2.75) is 137 Å². The zero-order valence-electron chi connectivity index (χ0n) is 48.1. The van der Waals surface area contributed by atoms with Crippen LogP contribution < -0.4 is 20.1 Å². The SMILES string of the molecule is CC.CC(C)Oc1ccc(-c2nc(-c3cccc4c3CC[C@@H]4NC(=O)N3CCCCC3)no2)cc1C#N.CC(C)Oc1ccc(-c2nc(-c3cccc4c3CC[C@H]4NC(=O)N3CCC[C@@H](O)C3)no2)cc1C#N.Cc1cc(O)cc(C#N)c1. The van der Waals surface area contributed by atoms with E-state index in [1.54, 1.807) is 47.4 Å². The van der Waals surface area contributed by atoms with Crippen LogP contribution >= 0.6 is 0 Å². The smallest absolute Gasteiger partial charge is 0.317 e. The summed E-state index contributed by atoms with van der Waals surface area (Å²) in [7, 11) is 0. The first-order valence-electron chi connectivity index (χ1n) is 28.5. The average Bonchev–Trinajstić information content (AvgIpc) is 4.30. The van der Waals surface area contributed by atoms with Crippen LogP contribution in [-0.4, -0.2) is 96.8 Å². The van der Waals surface area contributed by atoms with Crippen LogP contribution in [0.2, 0.25) is 0 Å². The number of phenolic OH excluding ortho intramolecular Hbond substituents is 1. The predicted octanol–water partition coefficient (Wildman–Crippen LogP) is 12.1. The number of fused-ring (bicyclic) bond motifs is 2. The number of aromatic nitrogens is 4. The number of aryl methyl sites for hydroxylation is 1. The Morgan fingerprint density at radius 3 is 1.59 bits per heavy atom. The summed E-state index contributed by atoms with van der Waals surface area (Å²) in [4.78, 5) is 38.4. The third kappa shape index (κ3) is 14.8. The van der Waals surface area contributed by atoms with Gasteiger partial charge in [0.05, 0.1) is 53.2 Å². The lowest BCUT2D eigenvalue weighted by Crippen LogP contribution is -2.47. The molecule has 2 aromatic heterocycles. The Morgan fingerprint density at radius 1 is 0.639 bits per heavy atom. The van der Waals surface area contributed by atoms with Crippen molar-refractivity contribution in [1.82, 2.24) is 40.7 Å². The number of hydrogen-bond acceptors (Lipinski definition) is 15. The molecular weight excluding hydrogens is 1050 g/mol. The fraction of sp³-hybridized carbons (Fsp3) is 0.391. The van der Waals surface area contributed by atoms with Crippen LogP contribution in [0.15, 0.2) is 100 Å². The molecule has 0 radical (unpaired) electrons. The van der Waals surface area contributed by atoms with Crippen molar-refractivity contribution in [2.75, 3.05) is 26.2 Å². The van der Waals surface area contributed by atoms with E-state index in [0.717, 1.165) is 103 Å². The second kappa shape index (κ2) is 28.0. The third-order valence-electron chi connectivity index (χ3n) is 14.4. The number of aromatic hydroxyl groups is 1. The Kier molecular flexibility index (Phi) is 20.2. The van der Waals surface area contributed by atoms with Gasteiger partial charge in [-0.2, -0.15) is 25.8 Å². The summed E-state index contributed by atoms with van der Waals surface area (Å²) >= 11 is 0. The largest absolute Gasteiger partial charge is 0.508 e. The van der Waals surface area contributed by atoms with Crippen LogP contribution in [0.5, 0.6) is 17.2 Å². The van der Waals surface area contributed by atoms with Crippen molar-refractivity contribution in [1.29, 1.82) is 15.8 Å². The topological polar surface area (TPSA) is 273 Å². The maximum atomic E-state index is 12.8. The summed E-state index contributed by atoms with van der Waals surface area (Å²) in [6.07, 6.45) is 7.59. The molecular formula is C64H71N11O8. The van der Waals surface area contributed by atoms with Crippen LogP contribution in [0.3, 0.4) is 0 Å². The molecule has 4 aliphatic rings. The summed E-state index contributed by atoms with van der Waals surface area (Å²) in [5, 5.41) is 61.2. The molecule has 5 aromatic carbocycles. The van der Waals surface area contributed by atoms with E-state index in [-0.39, 0.29) is 42.1 Å². The van der Waals surface area contributed by atoms with Crippen molar-refractivity contribution in [3.63, 3.8) is 0 Å². The molecule has 7 aromatic rings. The lowest BCUT2D eigenvalue weighted by atomic mass is 10.0. The number of likely N-dealkylation sites (tertiary alicyclic amines) is 2. The molecule has 19 heteroatoms. The molecule has 2 aliphatic carbocycles. The van der Waals surface area contributed by atoms with E-state index in [1.807, 2.05) is 95.8 Å². The monoisotopic (exact) mass is 1120 g/mol. The highest BCUT2D eigenvalue weighted by molar-refractivity contribution is 5.77. The average molecular weight is 1120 g/mol. The molecule has 2 saturated heterocycles. The first-order chi connectivity index (χ1) is 40.2. The predicted molar refractivity (Wildman–Crippen MR) is 312 cm³/mol. The maximum absolute atomic E-state index is 12.8. The quantitative estimate of drug-likeness (QED) is 0.0991. The number of nitrogens with one attached hydrogen (secondary N) is 2. The molecule has 4 heterocycles. The van der Waals surface area contributed by atoms with Crippen molar-refractivity contribution in [2.24, 2.45) is 0 Å². The minimum atomic E-state index is -0.456. The summed E-state index contributed by atoms with van der Waals surface area (Å²) in [6.45, 7) is 16.2. The van der Waals surface area contributed by atoms with Gasteiger partial charge in [0.1, 0.15) is 29.4 Å². The first kappa shape index (κ1) is 59.9. The standard InChI is InChI=1S/C27H29N5O4.C27H29N5O3.C8H7NO.C2H6/c1-16(2)35-24-11-8-17(13-18(24)14-28)26-30-25(31-36-26)22-7-3-6-21-20(22)9-10-23(21)29-27(34)32-12-4-5-19(33)15-32;1-17(2)34-24-12-9-18(15-19(24)16-28)26-30-25(31-35-26)22-8-6-7-21-20(22)10-11-23(21)29-27(33)32-13-4-3-5-14-32;1-6-2-7(5-9)4-8(10)3-6;1-2/h3,6-8,11,13,16,19,23,33H,4-5,9-10,12,15H2,1-2H3,(H,29,34);6-9,12,15,17,23H,3-5,10-11,13-14H2,1-2H3,(H,29,33);2-4,10H,1H3;1-2H3/t19-,23-;23-;;/m10../s1. The summed E-state index contributed by atoms with van der Waals surface area (Å²) in [5.74, 6) is 2.83. The first-order valence-corrected chi connectivity index (χ1v) is 28.5. The molecule has 4 amide bonds. The number of benzene rings is 5. The van der Waals surface area contributed by atoms with Gasteiger partial charge in [-0.15, -0.1) is 0 Å². The van der Waals surface area contributed by atoms with Gasteiger partial charge in [-0.05, 0) is 175 Å². The molecule has 0 saturated carbocycles. The van der Waals surface area contributed by atoms with Gasteiger partial charge in [-0.1, -0.05) is 60.6 Å². The number of amides is 4. The molecule has 3 atom stereocenters. The molecule has 11 rings (SSSR count). The second-order valence-corrected chi connectivity index (χ2v) is 21.1. The number of urea groups is 2. The van der Waals surface area contributed by atoms with Crippen molar-refractivity contribution in [3.05, 3.63) is 136 Å². The van der Waals surface area contributed by atoms with E-state index in [0.29, 0.717) is 75.8 Å². The van der Waals surface area contributed by atoms with E-state index in [2.05, 4.69) is 49.1 Å². The number of carbonyl (C=O) groups excluding carboxylic acids is 2. The second-order valence-electron chi connectivity index (χ2n) is 21.1. The molecule has 430 valence electrons. The molecule has 2 aliphatic heterocycles. The van der Waals surface area contributed by atoms with Crippen molar-refractivity contribution in [3.8, 4) is 81.1 Å². The lowest BCUT2D eigenvalue weighted by Gasteiger charge is -2.31. The Labute approximate surface area is 484 Å². The number of nitrogens with zero attached hydrogens (tertiary/aromatic N) is 9. The Morgan fingerprint density at radius 2 is 1.13 bits per heavy atom. The highest BCUT2D eigenvalue weighted by Gasteiger charge is 2.32. The van der Waals surface area contributed by atoms with Crippen molar-refractivity contribution >= 4 is 12.1 Å².